The first-order valence-corrected chi connectivity index (χ1v) is 30.0. The molecule has 2 unspecified atom stereocenters. The molecule has 4 aromatic rings. The number of nitrogens with one attached hydrogen (secondary N) is 1. The number of benzene rings is 4. The molecule has 3 heterocycles. The first-order valence-electron chi connectivity index (χ1n) is 25.4. The topological polar surface area (TPSA) is 170 Å². The molecule has 1 N–H and O–H groups in total. The van der Waals surface area contributed by atoms with E-state index in [1.807, 2.05) is 137 Å². The second-order valence-electron chi connectivity index (χ2n) is 20.2. The molecule has 3 aliphatic rings. The Kier molecular flexibility index (Phi) is 29.7. The normalized spacial score (nSPS) is 16.4. The van der Waals surface area contributed by atoms with Crippen LogP contribution < -0.4 is 38.0 Å². The number of para-hydroxylation sites is 6. The number of sulfonamides is 1. The fraction of sp³-hybridized carbons (Fsp3) is 0.518. The number of ether oxygens (including phenoxy) is 5. The predicted octanol–water partition coefficient (Wildman–Crippen LogP) is 10.0. The van der Waals surface area contributed by atoms with Crippen LogP contribution >= 0.6 is 10.7 Å². The van der Waals surface area contributed by atoms with Gasteiger partial charge in [0.2, 0.25) is 19.1 Å². The van der Waals surface area contributed by atoms with Crippen LogP contribution in [0.25, 0.3) is 0 Å². The van der Waals surface area contributed by atoms with E-state index in [1.165, 1.54) is 29.8 Å². The summed E-state index contributed by atoms with van der Waals surface area (Å²) < 4.78 is 73.7. The van der Waals surface area contributed by atoms with E-state index in [-0.39, 0.29) is 43.5 Å². The molecule has 75 heavy (non-hydrogen) atoms. The summed E-state index contributed by atoms with van der Waals surface area (Å²) >= 11 is 0. The van der Waals surface area contributed by atoms with Crippen LogP contribution in [-0.4, -0.2) is 115 Å². The zero-order valence-corrected chi connectivity index (χ0v) is 48.5. The molecule has 2 atom stereocenters. The quantitative estimate of drug-likeness (QED) is 0.0811. The van der Waals surface area contributed by atoms with E-state index in [0.717, 1.165) is 81.8 Å². The largest absolute Gasteiger partial charge is 1.00 e. The smallest absolute Gasteiger partial charge is 0.455 e. The van der Waals surface area contributed by atoms with Gasteiger partial charge in [-0.3, -0.25) is 4.31 Å². The van der Waals surface area contributed by atoms with Crippen LogP contribution in [0.5, 0.6) is 23.0 Å². The van der Waals surface area contributed by atoms with E-state index < -0.39 is 30.3 Å². The van der Waals surface area contributed by atoms with Gasteiger partial charge in [0.05, 0.1) is 23.9 Å². The summed E-state index contributed by atoms with van der Waals surface area (Å²) in [5.74, 6) is 3.06. The molecule has 0 aromatic heterocycles. The monoisotopic (exact) mass is 1090 g/mol. The summed E-state index contributed by atoms with van der Waals surface area (Å²) in [6.45, 7) is 22.5. The molecule has 19 heteroatoms. The zero-order chi connectivity index (χ0) is 54.8. The molecular weight excluding hydrogens is 1010 g/mol. The summed E-state index contributed by atoms with van der Waals surface area (Å²) in [4.78, 5) is 28.4. The van der Waals surface area contributed by atoms with Gasteiger partial charge in [0.25, 0.3) is 0 Å². The van der Waals surface area contributed by atoms with Crippen LogP contribution in [0.15, 0.2) is 109 Å². The molecule has 2 amide bonds. The Morgan fingerprint density at radius 1 is 0.680 bits per heavy atom. The van der Waals surface area contributed by atoms with Crippen molar-refractivity contribution in [2.75, 3.05) is 74.6 Å². The Morgan fingerprint density at radius 3 is 1.53 bits per heavy atom. The maximum absolute atomic E-state index is 12.8. The van der Waals surface area contributed by atoms with Crippen LogP contribution in [0.1, 0.15) is 99.8 Å². The number of likely N-dealkylation sites (tertiary alicyclic amines) is 2. The third kappa shape index (κ3) is 28.9. The molecule has 15 nitrogen and oxygen atoms in total. The minimum absolute atomic E-state index is 0. The summed E-state index contributed by atoms with van der Waals surface area (Å²) in [5.41, 5.74) is 0.404. The van der Waals surface area contributed by atoms with Gasteiger partial charge in [-0.15, -0.1) is 0 Å². The third-order valence-corrected chi connectivity index (χ3v) is 12.0. The SMILES string of the molecule is C1CCOC1.CC(C)(C)OC(=O)N1CCCC(CN(c2ccccc2Oc2ccccc2)S(C)(=O)=O)C1.CC(C)(C)OC(=O)N1CCCC(CNc2ccccc2Oc2ccccc2)C1.CS(=O)(=O)Cl.[CH2-]CCC.[Li+]. The first kappa shape index (κ1) is 66.5. The first-order chi connectivity index (χ1) is 34.8. The standard InChI is InChI=1S/C24H32N2O5S.C23H30N2O3.C4H8O.C4H9.CH3ClO2S.Li/c1-24(2,3)31-23(27)25-16-10-11-19(17-25)18-26(32(4,28)29)21-14-8-9-15-22(21)30-20-12-6-5-7-13-20;1-23(2,3)28-22(26)25-15-9-10-18(17-25)16-24-20-13-7-8-14-21(20)27-19-11-5-4-6-12-19;1-2-4-5-3-1;1-3-4-2;1-5(2,3)4;/h5-9,12-15,19H,10-11,16-18H2,1-4H3;4-8,11-14,18,24H,9-10,15-17H2,1-3H3;1-4H2;1,3-4H2,2H3;1H3;/q;;;-1;;+1. The van der Waals surface area contributed by atoms with Crippen molar-refractivity contribution in [3.8, 4) is 23.0 Å². The van der Waals surface area contributed by atoms with Gasteiger partial charge in [-0.25, -0.2) is 26.4 Å². The van der Waals surface area contributed by atoms with E-state index >= 15 is 0 Å². The number of carbonyl (C=O) groups is 2. The van der Waals surface area contributed by atoms with Crippen LogP contribution in [0.2, 0.25) is 0 Å². The van der Waals surface area contributed by atoms with Crippen molar-refractivity contribution < 1.29 is 69.0 Å². The van der Waals surface area contributed by atoms with Crippen molar-refractivity contribution in [3.63, 3.8) is 0 Å². The van der Waals surface area contributed by atoms with Crippen molar-refractivity contribution in [2.45, 2.75) is 111 Å². The van der Waals surface area contributed by atoms with Gasteiger partial charge in [0, 0.05) is 63.2 Å². The third-order valence-electron chi connectivity index (χ3n) is 10.9. The van der Waals surface area contributed by atoms with Gasteiger partial charge < -0.3 is 45.7 Å². The maximum atomic E-state index is 12.8. The number of carbonyl (C=O) groups excluding carboxylic acids is 2. The second kappa shape index (κ2) is 33.5. The van der Waals surface area contributed by atoms with Gasteiger partial charge in [0.15, 0.2) is 11.5 Å². The number of unbranched alkanes of at least 4 members (excludes halogenated alkanes) is 1. The minimum Gasteiger partial charge on any atom is -0.455 e. The molecule has 3 saturated heterocycles. The van der Waals surface area contributed by atoms with Crippen molar-refractivity contribution in [1.82, 2.24) is 9.80 Å². The van der Waals surface area contributed by atoms with Crippen LogP contribution in [-0.2, 0) is 33.3 Å². The summed E-state index contributed by atoms with van der Waals surface area (Å²) in [6, 6.07) is 34.1. The minimum atomic E-state index is -3.58. The van der Waals surface area contributed by atoms with Crippen LogP contribution in [0.3, 0.4) is 0 Å². The van der Waals surface area contributed by atoms with Gasteiger partial charge in [0.1, 0.15) is 22.7 Å². The van der Waals surface area contributed by atoms with E-state index in [1.54, 1.807) is 23.1 Å². The van der Waals surface area contributed by atoms with Crippen molar-refractivity contribution in [1.29, 1.82) is 0 Å². The average Bonchev–Trinajstić information content (AvgIpc) is 3.94. The Morgan fingerprint density at radius 2 is 1.09 bits per heavy atom. The number of nitrogens with zero attached hydrogens (tertiary/aromatic N) is 3. The van der Waals surface area contributed by atoms with Crippen molar-refractivity contribution in [3.05, 3.63) is 116 Å². The Labute approximate surface area is 465 Å². The van der Waals surface area contributed by atoms with Gasteiger partial charge in [-0.05, 0) is 140 Å². The van der Waals surface area contributed by atoms with Crippen LogP contribution in [0, 0.1) is 18.8 Å². The van der Waals surface area contributed by atoms with Gasteiger partial charge in [-0.2, -0.15) is 6.42 Å². The van der Waals surface area contributed by atoms with E-state index in [0.29, 0.717) is 42.7 Å². The number of hydrogen-bond donors (Lipinski definition) is 1. The molecule has 0 aliphatic carbocycles. The van der Waals surface area contributed by atoms with Crippen molar-refractivity contribution >= 4 is 53.3 Å². The molecule has 0 spiro atoms. The van der Waals surface area contributed by atoms with Crippen molar-refractivity contribution in [2.24, 2.45) is 11.8 Å². The van der Waals surface area contributed by atoms with E-state index in [9.17, 15) is 26.4 Å². The summed E-state index contributed by atoms with van der Waals surface area (Å²) in [5, 5.41) is 3.51. The zero-order valence-electron chi connectivity index (χ0n) is 46.1. The Hall–Kier alpha value is -4.63. The number of anilines is 2. The van der Waals surface area contributed by atoms with Gasteiger partial charge in [-0.1, -0.05) is 74.0 Å². The predicted molar refractivity (Wildman–Crippen MR) is 299 cm³/mol. The Balaban J connectivity index is 0.000000405. The number of hydrogen-bond acceptors (Lipinski definition) is 12. The molecule has 7 rings (SSSR count). The molecule has 3 fully saturated rings. The molecule has 412 valence electrons. The molecular formula is C56H82ClLiN4O11S2. The van der Waals surface area contributed by atoms with Crippen LogP contribution in [0.4, 0.5) is 21.0 Å². The average molecular weight is 1090 g/mol. The molecule has 0 radical (unpaired) electrons. The maximum Gasteiger partial charge on any atom is 1.00 e. The summed E-state index contributed by atoms with van der Waals surface area (Å²) in [6.07, 6.45) is 10.1. The molecule has 3 aliphatic heterocycles. The fourth-order valence-electron chi connectivity index (χ4n) is 7.52. The number of piperidine rings is 2. The van der Waals surface area contributed by atoms with E-state index in [2.05, 4.69) is 29.8 Å². The fourth-order valence-corrected chi connectivity index (χ4v) is 8.51. The molecule has 4 aromatic carbocycles. The number of halogens is 1. The van der Waals surface area contributed by atoms with Gasteiger partial charge >= 0.3 is 31.0 Å². The summed E-state index contributed by atoms with van der Waals surface area (Å²) in [7, 11) is -2.27. The van der Waals surface area contributed by atoms with E-state index in [4.69, 9.17) is 23.7 Å². The number of rotatable bonds is 12. The molecule has 0 saturated carbocycles. The number of amides is 2. The Bertz CT molecular complexity index is 2460. The molecule has 0 bridgehead atoms. The second-order valence-corrected chi connectivity index (χ2v) is 25.1.